The van der Waals surface area contributed by atoms with Gasteiger partial charge >= 0.3 is 0 Å². The topological polar surface area (TPSA) is 6.48 Å². The van der Waals surface area contributed by atoms with E-state index < -0.39 is 5.41 Å². The zero-order valence-electron chi connectivity index (χ0n) is 33.7. The Morgan fingerprint density at radius 1 is 0.367 bits per heavy atom. The van der Waals surface area contributed by atoms with E-state index in [0.29, 0.717) is 0 Å². The fourth-order valence-electron chi connectivity index (χ4n) is 10.9. The molecule has 0 saturated carbocycles. The molecule has 9 aromatic rings. The smallest absolute Gasteiger partial charge is 0.0774 e. The van der Waals surface area contributed by atoms with Gasteiger partial charge in [0.25, 0.3) is 0 Å². The lowest BCUT2D eigenvalue weighted by molar-refractivity contribution is 0.660. The van der Waals surface area contributed by atoms with Crippen LogP contribution in [-0.4, -0.2) is 0 Å². The van der Waals surface area contributed by atoms with Crippen LogP contribution >= 0.6 is 0 Å². The first kappa shape index (κ1) is 34.6. The SMILES string of the molecule is CC1(C)c2ccccc2-c2ccc(N(c3ccc(-c4ccccc4)cc3)c3cccc4c3C3(c5ccccc5-4)c4ccccc4N(c4ccccc4)c4ccccc43)cc21. The molecule has 0 atom stereocenters. The Bertz CT molecular complexity index is 3080. The Balaban J connectivity index is 1.16. The van der Waals surface area contributed by atoms with Gasteiger partial charge in [-0.3, -0.25) is 0 Å². The van der Waals surface area contributed by atoms with Gasteiger partial charge < -0.3 is 9.80 Å². The van der Waals surface area contributed by atoms with Crippen molar-refractivity contribution in [3.05, 3.63) is 252 Å². The summed E-state index contributed by atoms with van der Waals surface area (Å²) in [5.41, 5.74) is 21.7. The predicted octanol–water partition coefficient (Wildman–Crippen LogP) is 15.3. The molecule has 2 aliphatic carbocycles. The first-order valence-corrected chi connectivity index (χ1v) is 21.0. The third kappa shape index (κ3) is 4.76. The minimum atomic E-state index is -0.616. The van der Waals surface area contributed by atoms with Crippen molar-refractivity contribution in [1.29, 1.82) is 0 Å². The Kier molecular flexibility index (Phi) is 7.52. The molecule has 9 aromatic carbocycles. The maximum Gasteiger partial charge on any atom is 0.0774 e. The molecule has 0 saturated heterocycles. The van der Waals surface area contributed by atoms with Crippen molar-refractivity contribution in [2.75, 3.05) is 9.80 Å². The number of hydrogen-bond donors (Lipinski definition) is 0. The molecule has 1 aliphatic heterocycles. The molecule has 2 nitrogen and oxygen atoms in total. The summed E-state index contributed by atoms with van der Waals surface area (Å²) in [7, 11) is 0. The van der Waals surface area contributed by atoms with Crippen molar-refractivity contribution in [3.63, 3.8) is 0 Å². The van der Waals surface area contributed by atoms with E-state index in [0.717, 1.165) is 17.1 Å². The van der Waals surface area contributed by atoms with E-state index in [1.165, 1.54) is 83.8 Å². The molecular formula is C58H42N2. The van der Waals surface area contributed by atoms with Crippen LogP contribution in [0.15, 0.2) is 218 Å². The van der Waals surface area contributed by atoms with Crippen LogP contribution in [0.1, 0.15) is 47.2 Å². The normalized spacial score (nSPS) is 14.4. The second-order valence-corrected chi connectivity index (χ2v) is 16.8. The molecule has 60 heavy (non-hydrogen) atoms. The molecule has 3 aliphatic rings. The van der Waals surface area contributed by atoms with E-state index in [4.69, 9.17) is 0 Å². The minimum absolute atomic E-state index is 0.150. The summed E-state index contributed by atoms with van der Waals surface area (Å²) in [5, 5.41) is 0. The van der Waals surface area contributed by atoms with Gasteiger partial charge in [-0.1, -0.05) is 178 Å². The third-order valence-electron chi connectivity index (χ3n) is 13.4. The molecule has 0 N–H and O–H groups in total. The lowest BCUT2D eigenvalue weighted by Gasteiger charge is -2.46. The lowest BCUT2D eigenvalue weighted by atomic mass is 9.64. The van der Waals surface area contributed by atoms with Crippen LogP contribution in [0.4, 0.5) is 34.1 Å². The van der Waals surface area contributed by atoms with Crippen molar-refractivity contribution in [3.8, 4) is 33.4 Å². The second-order valence-electron chi connectivity index (χ2n) is 16.8. The van der Waals surface area contributed by atoms with Crippen molar-refractivity contribution >= 4 is 34.1 Å². The minimum Gasteiger partial charge on any atom is -0.310 e. The summed E-state index contributed by atoms with van der Waals surface area (Å²) in [6.07, 6.45) is 0. The summed E-state index contributed by atoms with van der Waals surface area (Å²) in [6, 6.07) is 81.1. The zero-order valence-corrected chi connectivity index (χ0v) is 33.7. The average Bonchev–Trinajstić information content (AvgIpc) is 3.73. The maximum absolute atomic E-state index is 2.54. The van der Waals surface area contributed by atoms with Crippen LogP contribution in [0.25, 0.3) is 33.4 Å². The zero-order chi connectivity index (χ0) is 40.0. The van der Waals surface area contributed by atoms with Crippen molar-refractivity contribution in [2.24, 2.45) is 0 Å². The highest BCUT2D eigenvalue weighted by molar-refractivity contribution is 6.00. The summed E-state index contributed by atoms with van der Waals surface area (Å²) < 4.78 is 0. The molecule has 0 fully saturated rings. The second kappa shape index (κ2) is 13.0. The van der Waals surface area contributed by atoms with Crippen LogP contribution in [0, 0.1) is 0 Å². The molecule has 1 heterocycles. The number of hydrogen-bond acceptors (Lipinski definition) is 2. The van der Waals surface area contributed by atoms with Crippen molar-refractivity contribution < 1.29 is 0 Å². The standard InChI is InChI=1S/C58H42N2/c1-57(2)48-25-11-9-22-44(48)46-37-36-43(38-52(46)57)59(42-34-32-40(33-35-42)39-18-5-3-6-19-39)55-31-17-24-47-45-23-10-12-26-49(45)58(56(47)55)50-27-13-15-29-53(50)60(41-20-7-4-8-21-41)54-30-16-14-28-51(54)58/h3-38H,1-2H3. The Morgan fingerprint density at radius 2 is 0.867 bits per heavy atom. The number of benzene rings is 9. The first-order chi connectivity index (χ1) is 29.5. The molecule has 12 rings (SSSR count). The van der Waals surface area contributed by atoms with E-state index in [1.807, 2.05) is 0 Å². The molecule has 0 radical (unpaired) electrons. The third-order valence-corrected chi connectivity index (χ3v) is 13.4. The summed E-state index contributed by atoms with van der Waals surface area (Å²) >= 11 is 0. The fraction of sp³-hybridized carbons (Fsp3) is 0.0690. The van der Waals surface area contributed by atoms with Gasteiger partial charge in [0, 0.05) is 28.0 Å². The summed E-state index contributed by atoms with van der Waals surface area (Å²) in [5.74, 6) is 0. The number of para-hydroxylation sites is 3. The summed E-state index contributed by atoms with van der Waals surface area (Å²) in [4.78, 5) is 4.99. The van der Waals surface area contributed by atoms with Gasteiger partial charge in [0.15, 0.2) is 0 Å². The number of anilines is 6. The predicted molar refractivity (Wildman–Crippen MR) is 250 cm³/mol. The van der Waals surface area contributed by atoms with Gasteiger partial charge in [0.2, 0.25) is 0 Å². The maximum atomic E-state index is 2.54. The van der Waals surface area contributed by atoms with E-state index in [2.05, 4.69) is 242 Å². The summed E-state index contributed by atoms with van der Waals surface area (Å²) in [6.45, 7) is 4.75. The van der Waals surface area contributed by atoms with Crippen LogP contribution in [-0.2, 0) is 10.8 Å². The van der Waals surface area contributed by atoms with Crippen molar-refractivity contribution in [2.45, 2.75) is 24.7 Å². The van der Waals surface area contributed by atoms with E-state index in [1.54, 1.807) is 0 Å². The van der Waals surface area contributed by atoms with Gasteiger partial charge in [-0.2, -0.15) is 0 Å². The quantitative estimate of drug-likeness (QED) is 0.172. The molecule has 0 amide bonds. The van der Waals surface area contributed by atoms with E-state index >= 15 is 0 Å². The molecule has 0 bridgehead atoms. The highest BCUT2D eigenvalue weighted by Crippen LogP contribution is 2.66. The molecule has 284 valence electrons. The van der Waals surface area contributed by atoms with Gasteiger partial charge in [-0.05, 0) is 116 Å². The highest BCUT2D eigenvalue weighted by atomic mass is 15.2. The Morgan fingerprint density at radius 3 is 1.55 bits per heavy atom. The molecule has 1 spiro atoms. The number of fused-ring (bicyclic) bond motifs is 12. The molecular weight excluding hydrogens is 725 g/mol. The molecule has 2 heteroatoms. The molecule has 0 unspecified atom stereocenters. The van der Waals surface area contributed by atoms with E-state index in [9.17, 15) is 0 Å². The van der Waals surface area contributed by atoms with Crippen LogP contribution < -0.4 is 9.80 Å². The van der Waals surface area contributed by atoms with Gasteiger partial charge in [-0.15, -0.1) is 0 Å². The number of rotatable bonds is 5. The highest BCUT2D eigenvalue weighted by Gasteiger charge is 2.53. The lowest BCUT2D eigenvalue weighted by Crippen LogP contribution is -2.37. The Hall–Kier alpha value is -7.42. The van der Waals surface area contributed by atoms with Gasteiger partial charge in [0.05, 0.1) is 22.5 Å². The Labute approximate surface area is 352 Å². The monoisotopic (exact) mass is 766 g/mol. The van der Waals surface area contributed by atoms with Gasteiger partial charge in [-0.25, -0.2) is 0 Å². The first-order valence-electron chi connectivity index (χ1n) is 21.0. The average molecular weight is 767 g/mol. The van der Waals surface area contributed by atoms with E-state index in [-0.39, 0.29) is 5.41 Å². The van der Waals surface area contributed by atoms with Crippen molar-refractivity contribution in [1.82, 2.24) is 0 Å². The van der Waals surface area contributed by atoms with Crippen LogP contribution in [0.2, 0.25) is 0 Å². The fourth-order valence-corrected chi connectivity index (χ4v) is 10.9. The van der Waals surface area contributed by atoms with Crippen LogP contribution in [0.5, 0.6) is 0 Å². The molecule has 0 aromatic heterocycles. The van der Waals surface area contributed by atoms with Crippen LogP contribution in [0.3, 0.4) is 0 Å². The van der Waals surface area contributed by atoms with Gasteiger partial charge in [0.1, 0.15) is 0 Å². The largest absolute Gasteiger partial charge is 0.310 e. The number of nitrogens with zero attached hydrogens (tertiary/aromatic N) is 2.